The normalized spacial score (nSPS) is 21.9. The Kier molecular flexibility index (Phi) is 3.37. The number of benzene rings is 1. The monoisotopic (exact) mass is 218 g/mol. The molecule has 1 atom stereocenters. The minimum absolute atomic E-state index is 0.643. The van der Waals surface area contributed by atoms with Crippen LogP contribution < -0.4 is 10.6 Å². The average molecular weight is 218 g/mol. The second-order valence-electron chi connectivity index (χ2n) is 4.93. The first-order chi connectivity index (χ1) is 7.68. The first kappa shape index (κ1) is 11.3. The summed E-state index contributed by atoms with van der Waals surface area (Å²) >= 11 is 0. The van der Waals surface area contributed by atoms with Gasteiger partial charge in [0.2, 0.25) is 0 Å². The van der Waals surface area contributed by atoms with Gasteiger partial charge in [-0.1, -0.05) is 18.9 Å². The van der Waals surface area contributed by atoms with Gasteiger partial charge in [0, 0.05) is 24.0 Å². The molecule has 0 spiro atoms. The second kappa shape index (κ2) is 4.77. The summed E-state index contributed by atoms with van der Waals surface area (Å²) in [4.78, 5) is 2.50. The fourth-order valence-electron chi connectivity index (χ4n) is 2.47. The van der Waals surface area contributed by atoms with Crippen LogP contribution in [0.5, 0.6) is 0 Å². The third-order valence-corrected chi connectivity index (χ3v) is 3.65. The molecule has 1 fully saturated rings. The molecule has 1 aromatic rings. The van der Waals surface area contributed by atoms with Crippen molar-refractivity contribution in [2.24, 2.45) is 0 Å². The lowest BCUT2D eigenvalue weighted by Gasteiger charge is -2.29. The van der Waals surface area contributed by atoms with Crippen LogP contribution in [-0.2, 0) is 0 Å². The Morgan fingerprint density at radius 3 is 2.81 bits per heavy atom. The third kappa shape index (κ3) is 2.31. The molecular weight excluding hydrogens is 196 g/mol. The largest absolute Gasteiger partial charge is 0.398 e. The molecule has 0 saturated carbocycles. The van der Waals surface area contributed by atoms with E-state index in [4.69, 9.17) is 5.73 Å². The number of hydrogen-bond donors (Lipinski definition) is 1. The van der Waals surface area contributed by atoms with Crippen LogP contribution in [0.4, 0.5) is 11.4 Å². The molecule has 0 aliphatic carbocycles. The Morgan fingerprint density at radius 1 is 1.25 bits per heavy atom. The molecular formula is C14H22N2. The van der Waals surface area contributed by atoms with Gasteiger partial charge in [0.25, 0.3) is 0 Å². The predicted octanol–water partition coefficient (Wildman–Crippen LogP) is 3.35. The Balaban J connectivity index is 2.23. The van der Waals surface area contributed by atoms with Crippen LogP contribution in [0.25, 0.3) is 0 Å². The maximum atomic E-state index is 5.99. The first-order valence-electron chi connectivity index (χ1n) is 6.31. The fourth-order valence-corrected chi connectivity index (χ4v) is 2.47. The molecule has 16 heavy (non-hydrogen) atoms. The summed E-state index contributed by atoms with van der Waals surface area (Å²) in [6, 6.07) is 7.09. The summed E-state index contributed by atoms with van der Waals surface area (Å²) in [7, 11) is 0. The van der Waals surface area contributed by atoms with E-state index in [1.54, 1.807) is 0 Å². The van der Waals surface area contributed by atoms with E-state index in [-0.39, 0.29) is 0 Å². The summed E-state index contributed by atoms with van der Waals surface area (Å²) in [5.41, 5.74) is 9.36. The molecule has 0 aromatic heterocycles. The van der Waals surface area contributed by atoms with Crippen LogP contribution in [0.1, 0.15) is 38.2 Å². The third-order valence-electron chi connectivity index (χ3n) is 3.65. The van der Waals surface area contributed by atoms with E-state index in [1.165, 1.54) is 43.5 Å². The molecule has 1 saturated heterocycles. The lowest BCUT2D eigenvalue weighted by Crippen LogP contribution is -2.32. The highest BCUT2D eigenvalue weighted by atomic mass is 15.2. The van der Waals surface area contributed by atoms with Gasteiger partial charge in [0.1, 0.15) is 0 Å². The van der Waals surface area contributed by atoms with Crippen molar-refractivity contribution in [1.82, 2.24) is 0 Å². The van der Waals surface area contributed by atoms with Gasteiger partial charge >= 0.3 is 0 Å². The van der Waals surface area contributed by atoms with Crippen molar-refractivity contribution in [3.63, 3.8) is 0 Å². The molecule has 2 rings (SSSR count). The molecule has 2 N–H and O–H groups in total. The highest BCUT2D eigenvalue weighted by Gasteiger charge is 2.17. The number of hydrogen-bond acceptors (Lipinski definition) is 2. The molecule has 2 nitrogen and oxygen atoms in total. The Hall–Kier alpha value is -1.18. The molecule has 1 aliphatic rings. The summed E-state index contributed by atoms with van der Waals surface area (Å²) in [5.74, 6) is 0. The molecule has 88 valence electrons. The van der Waals surface area contributed by atoms with Crippen molar-refractivity contribution in [3.05, 3.63) is 23.8 Å². The topological polar surface area (TPSA) is 29.3 Å². The number of anilines is 2. The van der Waals surface area contributed by atoms with Gasteiger partial charge < -0.3 is 10.6 Å². The van der Waals surface area contributed by atoms with E-state index in [1.807, 2.05) is 0 Å². The van der Waals surface area contributed by atoms with Gasteiger partial charge in [0.05, 0.1) is 0 Å². The van der Waals surface area contributed by atoms with Crippen LogP contribution in [0, 0.1) is 6.92 Å². The van der Waals surface area contributed by atoms with Crippen LogP contribution in [-0.4, -0.2) is 12.6 Å². The number of nitrogen functional groups attached to an aromatic ring is 1. The van der Waals surface area contributed by atoms with Gasteiger partial charge in [-0.15, -0.1) is 0 Å². The van der Waals surface area contributed by atoms with Crippen molar-refractivity contribution in [2.75, 3.05) is 17.2 Å². The minimum Gasteiger partial charge on any atom is -0.398 e. The molecule has 0 amide bonds. The van der Waals surface area contributed by atoms with Crippen molar-refractivity contribution in [1.29, 1.82) is 0 Å². The number of aryl methyl sites for hydroxylation is 1. The molecule has 1 unspecified atom stereocenters. The summed E-state index contributed by atoms with van der Waals surface area (Å²) < 4.78 is 0. The van der Waals surface area contributed by atoms with E-state index in [0.717, 1.165) is 5.69 Å². The van der Waals surface area contributed by atoms with Gasteiger partial charge in [-0.3, -0.25) is 0 Å². The molecule has 0 bridgehead atoms. The zero-order chi connectivity index (χ0) is 11.5. The second-order valence-corrected chi connectivity index (χ2v) is 4.93. The summed E-state index contributed by atoms with van der Waals surface area (Å²) in [6.45, 7) is 5.55. The van der Waals surface area contributed by atoms with Gasteiger partial charge in [-0.2, -0.15) is 0 Å². The molecule has 1 aromatic carbocycles. The van der Waals surface area contributed by atoms with Gasteiger partial charge in [-0.05, 0) is 44.4 Å². The average Bonchev–Trinajstić information content (AvgIpc) is 2.47. The highest BCUT2D eigenvalue weighted by molar-refractivity contribution is 5.60. The lowest BCUT2D eigenvalue weighted by molar-refractivity contribution is 0.616. The molecule has 0 radical (unpaired) electrons. The summed E-state index contributed by atoms with van der Waals surface area (Å²) in [6.07, 6.45) is 5.33. The van der Waals surface area contributed by atoms with E-state index in [9.17, 15) is 0 Å². The van der Waals surface area contributed by atoms with Crippen molar-refractivity contribution in [2.45, 2.75) is 45.6 Å². The fraction of sp³-hybridized carbons (Fsp3) is 0.571. The highest BCUT2D eigenvalue weighted by Crippen LogP contribution is 2.26. The first-order valence-corrected chi connectivity index (χ1v) is 6.31. The zero-order valence-corrected chi connectivity index (χ0v) is 10.4. The maximum Gasteiger partial charge on any atom is 0.0389 e. The smallest absolute Gasteiger partial charge is 0.0389 e. The van der Waals surface area contributed by atoms with Crippen molar-refractivity contribution < 1.29 is 0 Å². The van der Waals surface area contributed by atoms with E-state index in [2.05, 4.69) is 36.9 Å². The number of nitrogens with two attached hydrogens (primary N) is 1. The SMILES string of the molecule is Cc1ccc(N2CCCCCC2C)cc1N. The quantitative estimate of drug-likeness (QED) is 0.732. The Labute approximate surface area is 98.4 Å². The van der Waals surface area contributed by atoms with Crippen LogP contribution in [0.15, 0.2) is 18.2 Å². The number of nitrogens with zero attached hydrogens (tertiary/aromatic N) is 1. The molecule has 2 heteroatoms. The zero-order valence-electron chi connectivity index (χ0n) is 10.4. The van der Waals surface area contributed by atoms with Gasteiger partial charge in [-0.25, -0.2) is 0 Å². The lowest BCUT2D eigenvalue weighted by atomic mass is 10.1. The van der Waals surface area contributed by atoms with E-state index >= 15 is 0 Å². The predicted molar refractivity (Wildman–Crippen MR) is 70.9 cm³/mol. The van der Waals surface area contributed by atoms with Gasteiger partial charge in [0.15, 0.2) is 0 Å². The Morgan fingerprint density at radius 2 is 2.06 bits per heavy atom. The van der Waals surface area contributed by atoms with Crippen LogP contribution >= 0.6 is 0 Å². The minimum atomic E-state index is 0.643. The Bertz CT molecular complexity index is 360. The maximum absolute atomic E-state index is 5.99. The van der Waals surface area contributed by atoms with Crippen molar-refractivity contribution in [3.8, 4) is 0 Å². The van der Waals surface area contributed by atoms with Crippen LogP contribution in [0.3, 0.4) is 0 Å². The number of rotatable bonds is 1. The summed E-state index contributed by atoms with van der Waals surface area (Å²) in [5, 5.41) is 0. The standard InChI is InChI=1S/C14H22N2/c1-11-7-8-13(10-14(11)15)16-9-5-3-4-6-12(16)2/h7-8,10,12H,3-6,9,15H2,1-2H3. The molecule has 1 heterocycles. The van der Waals surface area contributed by atoms with Crippen LogP contribution in [0.2, 0.25) is 0 Å². The van der Waals surface area contributed by atoms with Crippen molar-refractivity contribution >= 4 is 11.4 Å². The van der Waals surface area contributed by atoms with E-state index < -0.39 is 0 Å². The molecule has 1 aliphatic heterocycles. The van der Waals surface area contributed by atoms with E-state index in [0.29, 0.717) is 6.04 Å².